The van der Waals surface area contributed by atoms with Crippen molar-refractivity contribution in [3.05, 3.63) is 83.2 Å². The highest BCUT2D eigenvalue weighted by Gasteiger charge is 2.49. The smallest absolute Gasteiger partial charge is 0.301 e. The number of aliphatic hydroxyl groups is 1. The minimum Gasteiger partial charge on any atom is -0.507 e. The number of benzene rings is 3. The Labute approximate surface area is 215 Å². The molecule has 3 aromatic carbocycles. The van der Waals surface area contributed by atoms with Crippen LogP contribution in [-0.2, 0) is 9.59 Å². The van der Waals surface area contributed by atoms with Crippen LogP contribution in [0.15, 0.2) is 66.2 Å². The van der Waals surface area contributed by atoms with E-state index in [1.165, 1.54) is 44.4 Å². The highest BCUT2D eigenvalue weighted by Crippen LogP contribution is 2.48. The number of Topliss-reactive ketones (excluding diaryl/α,β-unsaturated/α-hetero) is 1. The third-order valence-electron chi connectivity index (χ3n) is 6.08. The summed E-state index contributed by atoms with van der Waals surface area (Å²) >= 11 is 1.06. The molecule has 10 heteroatoms. The van der Waals surface area contributed by atoms with E-state index in [4.69, 9.17) is 14.2 Å². The highest BCUT2D eigenvalue weighted by atomic mass is 32.1. The number of carbonyl (C=O) groups is 2. The average molecular weight is 521 g/mol. The van der Waals surface area contributed by atoms with E-state index in [1.54, 1.807) is 42.5 Å². The summed E-state index contributed by atoms with van der Waals surface area (Å²) in [5.41, 5.74) is 1.04. The first-order valence-electron chi connectivity index (χ1n) is 11.1. The molecular formula is C27H21FN2O6S. The number of para-hydroxylation sites is 1. The van der Waals surface area contributed by atoms with Crippen LogP contribution < -0.4 is 19.1 Å². The number of ketones is 1. The van der Waals surface area contributed by atoms with Crippen LogP contribution in [0.25, 0.3) is 16.0 Å². The van der Waals surface area contributed by atoms with Crippen molar-refractivity contribution in [1.82, 2.24) is 4.98 Å². The monoisotopic (exact) mass is 520 g/mol. The average Bonchev–Trinajstić information content (AvgIpc) is 3.45. The maximum absolute atomic E-state index is 13.9. The van der Waals surface area contributed by atoms with Gasteiger partial charge in [-0.15, -0.1) is 0 Å². The van der Waals surface area contributed by atoms with Gasteiger partial charge in [0.05, 0.1) is 37.1 Å². The third-order valence-corrected chi connectivity index (χ3v) is 7.10. The van der Waals surface area contributed by atoms with E-state index in [2.05, 4.69) is 4.98 Å². The van der Waals surface area contributed by atoms with Crippen molar-refractivity contribution < 1.29 is 33.3 Å². The number of halogens is 1. The third kappa shape index (κ3) is 4.05. The molecule has 4 aromatic rings. The molecule has 1 aromatic heterocycles. The lowest BCUT2D eigenvalue weighted by Crippen LogP contribution is -2.29. The molecule has 0 radical (unpaired) electrons. The molecule has 188 valence electrons. The molecule has 0 saturated carbocycles. The number of nitrogens with zero attached hydrogens (tertiary/aromatic N) is 2. The predicted molar refractivity (Wildman–Crippen MR) is 137 cm³/mol. The number of methoxy groups -OCH3 is 3. The molecule has 1 N–H and O–H groups in total. The Kier molecular flexibility index (Phi) is 6.26. The Bertz CT molecular complexity index is 1560. The Hall–Kier alpha value is -4.44. The summed E-state index contributed by atoms with van der Waals surface area (Å²) in [5.74, 6) is -1.38. The van der Waals surface area contributed by atoms with Gasteiger partial charge in [0.15, 0.2) is 16.6 Å². The molecule has 37 heavy (non-hydrogen) atoms. The molecule has 2 heterocycles. The van der Waals surface area contributed by atoms with E-state index in [9.17, 15) is 19.1 Å². The number of hydrogen-bond acceptors (Lipinski definition) is 8. The van der Waals surface area contributed by atoms with Gasteiger partial charge in [-0.2, -0.15) is 0 Å². The van der Waals surface area contributed by atoms with Gasteiger partial charge in [-0.3, -0.25) is 14.5 Å². The number of amides is 1. The van der Waals surface area contributed by atoms with Crippen LogP contribution >= 0.6 is 11.3 Å². The minimum atomic E-state index is -1.10. The number of anilines is 1. The van der Waals surface area contributed by atoms with Crippen LogP contribution in [0, 0.1) is 5.82 Å². The first-order chi connectivity index (χ1) is 17.9. The Morgan fingerprint density at radius 1 is 1.00 bits per heavy atom. The predicted octanol–water partition coefficient (Wildman–Crippen LogP) is 5.09. The van der Waals surface area contributed by atoms with E-state index in [0.29, 0.717) is 32.8 Å². The van der Waals surface area contributed by atoms with Crippen LogP contribution in [0.5, 0.6) is 17.2 Å². The molecule has 0 spiro atoms. The van der Waals surface area contributed by atoms with Gasteiger partial charge in [0.1, 0.15) is 23.4 Å². The topological polar surface area (TPSA) is 98.2 Å². The molecule has 1 unspecified atom stereocenters. The van der Waals surface area contributed by atoms with Gasteiger partial charge in [-0.25, -0.2) is 9.37 Å². The van der Waals surface area contributed by atoms with Gasteiger partial charge < -0.3 is 19.3 Å². The van der Waals surface area contributed by atoms with Crippen LogP contribution in [0.4, 0.5) is 9.52 Å². The van der Waals surface area contributed by atoms with Crippen molar-refractivity contribution in [1.29, 1.82) is 0 Å². The SMILES string of the molecule is COc1ccc(C(O)=C2C(=O)C(=O)N(c3nc4ccc(F)cc4s3)C2c2cccc(OC)c2OC)cc1. The fourth-order valence-electron chi connectivity index (χ4n) is 4.35. The normalized spacial score (nSPS) is 16.9. The molecule has 5 rings (SSSR count). The summed E-state index contributed by atoms with van der Waals surface area (Å²) in [6, 6.07) is 14.5. The van der Waals surface area contributed by atoms with Gasteiger partial charge in [0, 0.05) is 11.1 Å². The van der Waals surface area contributed by atoms with Gasteiger partial charge >= 0.3 is 5.91 Å². The summed E-state index contributed by atoms with van der Waals surface area (Å²) in [4.78, 5) is 32.6. The van der Waals surface area contributed by atoms with Gasteiger partial charge in [-0.1, -0.05) is 23.5 Å². The molecule has 1 aliphatic heterocycles. The molecular weight excluding hydrogens is 499 g/mol. The maximum atomic E-state index is 13.9. The molecule has 1 saturated heterocycles. The van der Waals surface area contributed by atoms with Crippen molar-refractivity contribution in [2.75, 3.05) is 26.2 Å². The second-order valence-corrected chi connectivity index (χ2v) is 9.10. The van der Waals surface area contributed by atoms with Crippen LogP contribution in [0.1, 0.15) is 17.2 Å². The van der Waals surface area contributed by atoms with E-state index in [1.807, 2.05) is 0 Å². The molecule has 1 amide bonds. The quantitative estimate of drug-likeness (QED) is 0.215. The number of hydrogen-bond donors (Lipinski definition) is 1. The summed E-state index contributed by atoms with van der Waals surface area (Å²) < 4.78 is 30.6. The number of ether oxygens (including phenoxy) is 3. The minimum absolute atomic E-state index is 0.146. The fraction of sp³-hybridized carbons (Fsp3) is 0.148. The summed E-state index contributed by atoms with van der Waals surface area (Å²) in [7, 11) is 4.43. The molecule has 1 atom stereocenters. The van der Waals surface area contributed by atoms with Gasteiger partial charge in [0.2, 0.25) is 0 Å². The zero-order valence-electron chi connectivity index (χ0n) is 20.0. The van der Waals surface area contributed by atoms with E-state index in [0.717, 1.165) is 11.3 Å². The van der Waals surface area contributed by atoms with Gasteiger partial charge in [-0.05, 0) is 48.5 Å². The second-order valence-electron chi connectivity index (χ2n) is 8.09. The van der Waals surface area contributed by atoms with Crippen molar-refractivity contribution in [2.45, 2.75) is 6.04 Å². The molecule has 8 nitrogen and oxygen atoms in total. The Balaban J connectivity index is 1.77. The van der Waals surface area contributed by atoms with Crippen LogP contribution in [0.2, 0.25) is 0 Å². The summed E-state index contributed by atoms with van der Waals surface area (Å²) in [6.07, 6.45) is 0. The van der Waals surface area contributed by atoms with E-state index in [-0.39, 0.29) is 22.2 Å². The Morgan fingerprint density at radius 2 is 1.76 bits per heavy atom. The van der Waals surface area contributed by atoms with E-state index < -0.39 is 23.5 Å². The lowest BCUT2D eigenvalue weighted by atomic mass is 9.94. The standard InChI is InChI=1S/C27H21FN2O6S/c1-34-16-10-7-14(8-11-16)23(31)21-22(17-5-4-6-19(35-2)25(17)36-3)30(26(33)24(21)32)27-29-18-12-9-15(28)13-20(18)37-27/h4-13,22,31H,1-3H3. The van der Waals surface area contributed by atoms with E-state index >= 15 is 0 Å². The zero-order valence-corrected chi connectivity index (χ0v) is 20.8. The lowest BCUT2D eigenvalue weighted by molar-refractivity contribution is -0.132. The lowest BCUT2D eigenvalue weighted by Gasteiger charge is -2.25. The number of carbonyl (C=O) groups excluding carboxylic acids is 2. The fourth-order valence-corrected chi connectivity index (χ4v) is 5.36. The van der Waals surface area contributed by atoms with Crippen LogP contribution in [-0.4, -0.2) is 43.1 Å². The zero-order chi connectivity index (χ0) is 26.3. The van der Waals surface area contributed by atoms with Gasteiger partial charge in [0.25, 0.3) is 5.78 Å². The number of aliphatic hydroxyl groups excluding tert-OH is 1. The summed E-state index contributed by atoms with van der Waals surface area (Å²) in [6.45, 7) is 0. The Morgan fingerprint density at radius 3 is 2.43 bits per heavy atom. The first kappa shape index (κ1) is 24.3. The van der Waals surface area contributed by atoms with Crippen molar-refractivity contribution in [3.8, 4) is 17.2 Å². The molecule has 0 aliphatic carbocycles. The summed E-state index contributed by atoms with van der Waals surface area (Å²) in [5, 5.41) is 11.5. The van der Waals surface area contributed by atoms with Crippen molar-refractivity contribution in [2.24, 2.45) is 0 Å². The second kappa shape index (κ2) is 9.55. The first-order valence-corrected chi connectivity index (χ1v) is 11.9. The molecule has 1 fully saturated rings. The maximum Gasteiger partial charge on any atom is 0.301 e. The number of thiazole rings is 1. The number of rotatable bonds is 6. The molecule has 0 bridgehead atoms. The van der Waals surface area contributed by atoms with Crippen molar-refractivity contribution in [3.63, 3.8) is 0 Å². The van der Waals surface area contributed by atoms with Crippen molar-refractivity contribution >= 4 is 44.1 Å². The number of fused-ring (bicyclic) bond motifs is 1. The molecule has 1 aliphatic rings. The number of aromatic nitrogens is 1. The highest BCUT2D eigenvalue weighted by molar-refractivity contribution is 7.22. The van der Waals surface area contributed by atoms with Crippen LogP contribution in [0.3, 0.4) is 0 Å². The largest absolute Gasteiger partial charge is 0.507 e.